The highest BCUT2D eigenvalue weighted by molar-refractivity contribution is 5.95. The van der Waals surface area contributed by atoms with Gasteiger partial charge in [0, 0.05) is 17.6 Å². The molecule has 5 nitrogen and oxygen atoms in total. The molecule has 0 aliphatic rings. The zero-order valence-corrected chi connectivity index (χ0v) is 12.3. The molecule has 0 saturated heterocycles. The van der Waals surface area contributed by atoms with Crippen LogP contribution in [0.15, 0.2) is 24.3 Å². The molecule has 0 aromatic heterocycles. The van der Waals surface area contributed by atoms with Crippen LogP contribution in [0.2, 0.25) is 0 Å². The van der Waals surface area contributed by atoms with Crippen molar-refractivity contribution in [1.29, 1.82) is 0 Å². The number of carboxylic acid groups (broad SMARTS) is 1. The predicted molar refractivity (Wildman–Crippen MR) is 76.0 cm³/mol. The van der Waals surface area contributed by atoms with E-state index in [2.05, 4.69) is 0 Å². The molecule has 0 aliphatic carbocycles. The molecule has 1 amide bonds. The largest absolute Gasteiger partial charge is 0.497 e. The number of carbonyl (C=O) groups excluding carboxylic acids is 1. The predicted octanol–water partition coefficient (Wildman–Crippen LogP) is 2.41. The average molecular weight is 279 g/mol. The number of amides is 1. The molecule has 110 valence electrons. The zero-order chi connectivity index (χ0) is 15.3. The van der Waals surface area contributed by atoms with E-state index in [9.17, 15) is 9.59 Å². The quantitative estimate of drug-likeness (QED) is 0.898. The third-order valence-electron chi connectivity index (χ3n) is 2.94. The highest BCUT2D eigenvalue weighted by atomic mass is 16.5. The average Bonchev–Trinajstić information content (AvgIpc) is 2.37. The highest BCUT2D eigenvalue weighted by Gasteiger charge is 2.27. The van der Waals surface area contributed by atoms with Crippen molar-refractivity contribution in [2.45, 2.75) is 32.7 Å². The Morgan fingerprint density at radius 2 is 1.75 bits per heavy atom. The number of benzene rings is 1. The molecule has 0 aliphatic heterocycles. The van der Waals surface area contributed by atoms with Crippen LogP contribution in [-0.4, -0.2) is 41.1 Å². The molecule has 0 spiro atoms. The minimum atomic E-state index is -0.915. The van der Waals surface area contributed by atoms with Crippen molar-refractivity contribution in [3.8, 4) is 5.75 Å². The molecule has 20 heavy (non-hydrogen) atoms. The zero-order valence-electron chi connectivity index (χ0n) is 12.3. The van der Waals surface area contributed by atoms with Gasteiger partial charge in [-0.2, -0.15) is 0 Å². The monoisotopic (exact) mass is 279 g/mol. The standard InChI is InChI=1S/C15H21NO4/c1-15(2,3)16(10-9-13(17)18)14(19)11-5-7-12(20-4)8-6-11/h5-8H,9-10H2,1-4H3,(H,17,18). The van der Waals surface area contributed by atoms with Crippen molar-refractivity contribution in [3.63, 3.8) is 0 Å². The maximum absolute atomic E-state index is 12.5. The van der Waals surface area contributed by atoms with Gasteiger partial charge in [-0.25, -0.2) is 0 Å². The second kappa shape index (κ2) is 6.41. The molecular formula is C15H21NO4. The van der Waals surface area contributed by atoms with Crippen LogP contribution in [0.25, 0.3) is 0 Å². The fourth-order valence-electron chi connectivity index (χ4n) is 1.84. The highest BCUT2D eigenvalue weighted by Crippen LogP contribution is 2.19. The second-order valence-corrected chi connectivity index (χ2v) is 5.50. The molecule has 0 heterocycles. The van der Waals surface area contributed by atoms with E-state index in [4.69, 9.17) is 9.84 Å². The molecule has 1 rings (SSSR count). The number of methoxy groups -OCH3 is 1. The SMILES string of the molecule is COc1ccc(C(=O)N(CCC(=O)O)C(C)(C)C)cc1. The van der Waals surface area contributed by atoms with Crippen LogP contribution in [0.3, 0.4) is 0 Å². The van der Waals surface area contributed by atoms with Crippen molar-refractivity contribution in [2.75, 3.05) is 13.7 Å². The number of nitrogens with zero attached hydrogens (tertiary/aromatic N) is 1. The van der Waals surface area contributed by atoms with Gasteiger partial charge in [0.1, 0.15) is 5.75 Å². The molecule has 1 aromatic carbocycles. The number of carbonyl (C=O) groups is 2. The summed E-state index contributed by atoms with van der Waals surface area (Å²) < 4.78 is 5.05. The maximum atomic E-state index is 12.5. The summed E-state index contributed by atoms with van der Waals surface area (Å²) in [4.78, 5) is 24.8. The molecule has 0 bridgehead atoms. The Bertz CT molecular complexity index is 474. The number of ether oxygens (including phenoxy) is 1. The Morgan fingerprint density at radius 1 is 1.20 bits per heavy atom. The minimum Gasteiger partial charge on any atom is -0.497 e. The Balaban J connectivity index is 2.94. The normalized spacial score (nSPS) is 11.0. The van der Waals surface area contributed by atoms with E-state index in [1.54, 1.807) is 36.3 Å². The van der Waals surface area contributed by atoms with Crippen molar-refractivity contribution in [3.05, 3.63) is 29.8 Å². The first kappa shape index (κ1) is 16.0. The molecule has 0 radical (unpaired) electrons. The van der Waals surface area contributed by atoms with Gasteiger partial charge >= 0.3 is 5.97 Å². The Kier molecular flexibility index (Phi) is 5.13. The van der Waals surface area contributed by atoms with Gasteiger partial charge in [-0.05, 0) is 45.0 Å². The lowest BCUT2D eigenvalue weighted by molar-refractivity contribution is -0.137. The summed E-state index contributed by atoms with van der Waals surface area (Å²) in [5.41, 5.74) is 0.0815. The summed E-state index contributed by atoms with van der Waals surface area (Å²) in [7, 11) is 1.56. The Morgan fingerprint density at radius 3 is 2.15 bits per heavy atom. The number of carboxylic acids is 1. The molecule has 1 N–H and O–H groups in total. The fraction of sp³-hybridized carbons (Fsp3) is 0.467. The van der Waals surface area contributed by atoms with E-state index in [1.165, 1.54) is 0 Å². The molecule has 5 heteroatoms. The summed E-state index contributed by atoms with van der Waals surface area (Å²) in [5, 5.41) is 8.79. The van der Waals surface area contributed by atoms with Crippen molar-refractivity contribution >= 4 is 11.9 Å². The Hall–Kier alpha value is -2.04. The number of rotatable bonds is 5. The van der Waals surface area contributed by atoms with Gasteiger partial charge < -0.3 is 14.7 Å². The Labute approximate surface area is 119 Å². The van der Waals surface area contributed by atoms with Crippen LogP contribution in [0.5, 0.6) is 5.75 Å². The van der Waals surface area contributed by atoms with Crippen LogP contribution in [0.4, 0.5) is 0 Å². The van der Waals surface area contributed by atoms with Crippen molar-refractivity contribution < 1.29 is 19.4 Å². The fourth-order valence-corrected chi connectivity index (χ4v) is 1.84. The van der Waals surface area contributed by atoms with Crippen molar-refractivity contribution in [1.82, 2.24) is 4.90 Å². The molecule has 0 fully saturated rings. The van der Waals surface area contributed by atoms with E-state index in [1.807, 2.05) is 20.8 Å². The van der Waals surface area contributed by atoms with Crippen LogP contribution in [0, 0.1) is 0 Å². The first-order valence-corrected chi connectivity index (χ1v) is 6.43. The van der Waals surface area contributed by atoms with Gasteiger partial charge in [0.2, 0.25) is 0 Å². The topological polar surface area (TPSA) is 66.8 Å². The van der Waals surface area contributed by atoms with Gasteiger partial charge in [0.15, 0.2) is 0 Å². The summed E-state index contributed by atoms with van der Waals surface area (Å²) >= 11 is 0. The number of hydrogen-bond acceptors (Lipinski definition) is 3. The smallest absolute Gasteiger partial charge is 0.305 e. The summed E-state index contributed by atoms with van der Waals surface area (Å²) in [6.07, 6.45) is -0.0703. The van der Waals surface area contributed by atoms with Crippen LogP contribution < -0.4 is 4.74 Å². The first-order chi connectivity index (χ1) is 9.25. The first-order valence-electron chi connectivity index (χ1n) is 6.43. The van der Waals surface area contributed by atoms with Crippen LogP contribution in [0.1, 0.15) is 37.6 Å². The van der Waals surface area contributed by atoms with Gasteiger partial charge in [-0.3, -0.25) is 9.59 Å². The second-order valence-electron chi connectivity index (χ2n) is 5.50. The van der Waals surface area contributed by atoms with E-state index >= 15 is 0 Å². The van der Waals surface area contributed by atoms with E-state index < -0.39 is 11.5 Å². The lowest BCUT2D eigenvalue weighted by Crippen LogP contribution is -2.46. The number of hydrogen-bond donors (Lipinski definition) is 1. The lowest BCUT2D eigenvalue weighted by Gasteiger charge is -2.35. The van der Waals surface area contributed by atoms with Gasteiger partial charge in [-0.1, -0.05) is 0 Å². The maximum Gasteiger partial charge on any atom is 0.305 e. The van der Waals surface area contributed by atoms with Crippen molar-refractivity contribution in [2.24, 2.45) is 0 Å². The summed E-state index contributed by atoms with van der Waals surface area (Å²) in [6, 6.07) is 6.79. The third kappa shape index (κ3) is 4.26. The third-order valence-corrected chi connectivity index (χ3v) is 2.94. The summed E-state index contributed by atoms with van der Waals surface area (Å²) in [5.74, 6) is -0.419. The van der Waals surface area contributed by atoms with Crippen LogP contribution >= 0.6 is 0 Å². The number of aliphatic carboxylic acids is 1. The van der Waals surface area contributed by atoms with E-state index in [0.29, 0.717) is 11.3 Å². The lowest BCUT2D eigenvalue weighted by atomic mass is 10.0. The molecule has 0 unspecified atom stereocenters. The van der Waals surface area contributed by atoms with Gasteiger partial charge in [0.25, 0.3) is 5.91 Å². The molecule has 1 aromatic rings. The van der Waals surface area contributed by atoms with Gasteiger partial charge in [0.05, 0.1) is 13.5 Å². The molecule has 0 saturated carbocycles. The minimum absolute atomic E-state index is 0.0703. The molecular weight excluding hydrogens is 258 g/mol. The van der Waals surface area contributed by atoms with E-state index in [0.717, 1.165) is 0 Å². The summed E-state index contributed by atoms with van der Waals surface area (Å²) in [6.45, 7) is 5.84. The molecule has 0 atom stereocenters. The van der Waals surface area contributed by atoms with Crippen LogP contribution in [-0.2, 0) is 4.79 Å². The van der Waals surface area contributed by atoms with E-state index in [-0.39, 0.29) is 18.9 Å². The van der Waals surface area contributed by atoms with Gasteiger partial charge in [-0.15, -0.1) is 0 Å².